The lowest BCUT2D eigenvalue weighted by Crippen LogP contribution is -2.13. The number of benzene rings is 1. The van der Waals surface area contributed by atoms with Gasteiger partial charge in [0.2, 0.25) is 0 Å². The summed E-state index contributed by atoms with van der Waals surface area (Å²) in [6, 6.07) is 9.43. The summed E-state index contributed by atoms with van der Waals surface area (Å²) in [5, 5.41) is 10.9. The molecule has 86 valence electrons. The molecule has 0 atom stereocenters. The molecule has 1 aromatic heterocycles. The lowest BCUT2D eigenvalue weighted by Gasteiger charge is -2.08. The van der Waals surface area contributed by atoms with Crippen molar-refractivity contribution in [2.24, 2.45) is 5.73 Å². The summed E-state index contributed by atoms with van der Waals surface area (Å²) in [6.45, 7) is 0. The number of hydrogen-bond donors (Lipinski definition) is 2. The van der Waals surface area contributed by atoms with Crippen molar-refractivity contribution in [1.82, 2.24) is 10.2 Å². The Morgan fingerprint density at radius 2 is 1.94 bits per heavy atom. The van der Waals surface area contributed by atoms with Crippen LogP contribution in [-0.2, 0) is 0 Å². The van der Waals surface area contributed by atoms with Gasteiger partial charge in [-0.1, -0.05) is 28.1 Å². The van der Waals surface area contributed by atoms with E-state index in [9.17, 15) is 0 Å². The molecular formula is C11H9BrN4S. The van der Waals surface area contributed by atoms with Crippen molar-refractivity contribution >= 4 is 44.6 Å². The third kappa shape index (κ3) is 2.98. The molecule has 0 bridgehead atoms. The van der Waals surface area contributed by atoms with Gasteiger partial charge in [0.25, 0.3) is 0 Å². The molecule has 0 saturated carbocycles. The predicted molar refractivity (Wildman–Crippen MR) is 75.3 cm³/mol. The third-order valence-electron chi connectivity index (χ3n) is 2.09. The average molecular weight is 309 g/mol. The van der Waals surface area contributed by atoms with Gasteiger partial charge in [0.1, 0.15) is 4.99 Å². The van der Waals surface area contributed by atoms with Crippen LogP contribution < -0.4 is 11.1 Å². The zero-order valence-electron chi connectivity index (χ0n) is 8.72. The highest BCUT2D eigenvalue weighted by Gasteiger charge is 2.06. The molecule has 0 spiro atoms. The van der Waals surface area contributed by atoms with Crippen LogP contribution in [0.1, 0.15) is 5.56 Å². The highest BCUT2D eigenvalue weighted by Crippen LogP contribution is 2.19. The number of nitrogens with zero attached hydrogens (tertiary/aromatic N) is 2. The van der Waals surface area contributed by atoms with Crippen LogP contribution in [0.25, 0.3) is 0 Å². The normalized spacial score (nSPS) is 9.94. The zero-order valence-corrected chi connectivity index (χ0v) is 11.1. The number of rotatable bonds is 3. The molecule has 3 N–H and O–H groups in total. The van der Waals surface area contributed by atoms with Crippen molar-refractivity contribution in [3.8, 4) is 0 Å². The summed E-state index contributed by atoms with van der Waals surface area (Å²) in [6.07, 6.45) is 1.56. The molecule has 0 amide bonds. The number of hydrogen-bond acceptors (Lipinski definition) is 4. The van der Waals surface area contributed by atoms with Gasteiger partial charge in [0.05, 0.1) is 11.8 Å². The van der Waals surface area contributed by atoms with E-state index >= 15 is 0 Å². The molecule has 0 aliphatic carbocycles. The van der Waals surface area contributed by atoms with Gasteiger partial charge in [-0.3, -0.25) is 0 Å². The van der Waals surface area contributed by atoms with Crippen molar-refractivity contribution < 1.29 is 0 Å². The van der Waals surface area contributed by atoms with Crippen LogP contribution in [0.15, 0.2) is 41.0 Å². The summed E-state index contributed by atoms with van der Waals surface area (Å²) in [5.41, 5.74) is 7.18. The molecule has 2 rings (SSSR count). The van der Waals surface area contributed by atoms with Crippen LogP contribution in [0.2, 0.25) is 0 Å². The summed E-state index contributed by atoms with van der Waals surface area (Å²) < 4.78 is 1.01. The molecule has 17 heavy (non-hydrogen) atoms. The monoisotopic (exact) mass is 308 g/mol. The third-order valence-corrected chi connectivity index (χ3v) is 2.84. The van der Waals surface area contributed by atoms with Crippen molar-refractivity contribution in [2.75, 3.05) is 5.32 Å². The molecule has 0 aliphatic rings. The van der Waals surface area contributed by atoms with Gasteiger partial charge in [-0.25, -0.2) is 0 Å². The van der Waals surface area contributed by atoms with Crippen molar-refractivity contribution in [3.05, 3.63) is 46.6 Å². The van der Waals surface area contributed by atoms with E-state index in [0.29, 0.717) is 16.4 Å². The van der Waals surface area contributed by atoms with Gasteiger partial charge in [-0.2, -0.15) is 5.10 Å². The fraction of sp³-hybridized carbons (Fsp3) is 0. The average Bonchev–Trinajstić information content (AvgIpc) is 2.32. The summed E-state index contributed by atoms with van der Waals surface area (Å²) in [5.74, 6) is 0.558. The van der Waals surface area contributed by atoms with Gasteiger partial charge < -0.3 is 11.1 Å². The fourth-order valence-electron chi connectivity index (χ4n) is 1.29. The highest BCUT2D eigenvalue weighted by molar-refractivity contribution is 9.10. The summed E-state index contributed by atoms with van der Waals surface area (Å²) in [7, 11) is 0. The molecule has 0 unspecified atom stereocenters. The SMILES string of the molecule is NC(=S)c1ccnnc1Nc1ccc(Br)cc1. The second-order valence-corrected chi connectivity index (χ2v) is 4.65. The Kier molecular flexibility index (Phi) is 3.65. The van der Waals surface area contributed by atoms with Crippen molar-refractivity contribution in [2.45, 2.75) is 0 Å². The molecule has 4 nitrogen and oxygen atoms in total. The molecule has 1 aromatic carbocycles. The van der Waals surface area contributed by atoms with Crippen LogP contribution in [0.3, 0.4) is 0 Å². The summed E-state index contributed by atoms with van der Waals surface area (Å²) in [4.78, 5) is 0.291. The van der Waals surface area contributed by atoms with Crippen LogP contribution in [0.4, 0.5) is 11.5 Å². The first-order valence-corrected chi connectivity index (χ1v) is 6.01. The van der Waals surface area contributed by atoms with Crippen LogP contribution in [0.5, 0.6) is 0 Å². The van der Waals surface area contributed by atoms with E-state index in [4.69, 9.17) is 18.0 Å². The number of anilines is 2. The van der Waals surface area contributed by atoms with Gasteiger partial charge in [-0.15, -0.1) is 5.10 Å². The Morgan fingerprint density at radius 3 is 2.59 bits per heavy atom. The Hall–Kier alpha value is -1.53. The zero-order chi connectivity index (χ0) is 12.3. The number of thiocarbonyl (C=S) groups is 1. The largest absolute Gasteiger partial charge is 0.389 e. The maximum Gasteiger partial charge on any atom is 0.163 e. The topological polar surface area (TPSA) is 63.8 Å². The standard InChI is InChI=1S/C11H9BrN4S/c12-7-1-3-8(4-2-7)15-11-9(10(13)17)5-6-14-16-11/h1-6H,(H2,13,17)(H,15,16). The Labute approximate surface area is 112 Å². The van der Waals surface area contributed by atoms with Gasteiger partial charge in [-0.05, 0) is 30.3 Å². The van der Waals surface area contributed by atoms with E-state index in [1.54, 1.807) is 12.3 Å². The van der Waals surface area contributed by atoms with Gasteiger partial charge in [0, 0.05) is 10.2 Å². The summed E-state index contributed by atoms with van der Waals surface area (Å²) >= 11 is 8.32. The minimum absolute atomic E-state index is 0.291. The van der Waals surface area contributed by atoms with E-state index in [0.717, 1.165) is 10.2 Å². The minimum Gasteiger partial charge on any atom is -0.389 e. The molecule has 6 heteroatoms. The fourth-order valence-corrected chi connectivity index (χ4v) is 1.72. The van der Waals surface area contributed by atoms with Crippen LogP contribution in [-0.4, -0.2) is 15.2 Å². The smallest absolute Gasteiger partial charge is 0.163 e. The van der Waals surface area contributed by atoms with E-state index < -0.39 is 0 Å². The number of halogens is 1. The number of aromatic nitrogens is 2. The first kappa shape index (κ1) is 11.9. The molecule has 1 heterocycles. The first-order valence-electron chi connectivity index (χ1n) is 4.81. The second kappa shape index (κ2) is 5.20. The number of nitrogens with one attached hydrogen (secondary N) is 1. The van der Waals surface area contributed by atoms with E-state index in [-0.39, 0.29) is 0 Å². The van der Waals surface area contributed by atoms with Gasteiger partial charge in [0.15, 0.2) is 5.82 Å². The maximum absolute atomic E-state index is 5.61. The maximum atomic E-state index is 5.61. The molecule has 2 aromatic rings. The molecule has 0 aliphatic heterocycles. The Bertz CT molecular complexity index is 541. The molecule has 0 saturated heterocycles. The predicted octanol–water partition coefficient (Wildman–Crippen LogP) is 2.62. The molecule has 0 fully saturated rings. The highest BCUT2D eigenvalue weighted by atomic mass is 79.9. The molecular weight excluding hydrogens is 300 g/mol. The van der Waals surface area contributed by atoms with Crippen molar-refractivity contribution in [3.63, 3.8) is 0 Å². The van der Waals surface area contributed by atoms with Crippen LogP contribution in [0, 0.1) is 0 Å². The first-order chi connectivity index (χ1) is 8.16. The molecule has 0 radical (unpaired) electrons. The van der Waals surface area contributed by atoms with Crippen molar-refractivity contribution in [1.29, 1.82) is 0 Å². The minimum atomic E-state index is 0.291. The number of nitrogens with two attached hydrogens (primary N) is 1. The second-order valence-electron chi connectivity index (χ2n) is 3.29. The Balaban J connectivity index is 2.30. The van der Waals surface area contributed by atoms with E-state index in [2.05, 4.69) is 31.4 Å². The van der Waals surface area contributed by atoms with E-state index in [1.807, 2.05) is 24.3 Å². The lowest BCUT2D eigenvalue weighted by atomic mass is 10.2. The van der Waals surface area contributed by atoms with Crippen LogP contribution >= 0.6 is 28.1 Å². The Morgan fingerprint density at radius 1 is 1.24 bits per heavy atom. The lowest BCUT2D eigenvalue weighted by molar-refractivity contribution is 1.03. The van der Waals surface area contributed by atoms with Gasteiger partial charge >= 0.3 is 0 Å². The quantitative estimate of drug-likeness (QED) is 0.853. The van der Waals surface area contributed by atoms with E-state index in [1.165, 1.54) is 0 Å².